The van der Waals surface area contributed by atoms with Crippen LogP contribution in [-0.2, 0) is 11.2 Å². The van der Waals surface area contributed by atoms with E-state index in [4.69, 9.17) is 4.52 Å². The summed E-state index contributed by atoms with van der Waals surface area (Å²) in [4.78, 5) is 28.0. The lowest BCUT2D eigenvalue weighted by atomic mass is 10.1. The molecule has 1 aliphatic rings. The molecule has 1 atom stereocenters. The molecule has 0 saturated heterocycles. The van der Waals surface area contributed by atoms with Crippen LogP contribution in [0.1, 0.15) is 21.8 Å². The van der Waals surface area contributed by atoms with Crippen LogP contribution < -0.4 is 10.2 Å². The van der Waals surface area contributed by atoms with Gasteiger partial charge < -0.3 is 20.2 Å². The van der Waals surface area contributed by atoms with Gasteiger partial charge in [0.05, 0.1) is 5.69 Å². The van der Waals surface area contributed by atoms with E-state index in [0.717, 1.165) is 16.1 Å². The second-order valence-corrected chi connectivity index (χ2v) is 7.60. The van der Waals surface area contributed by atoms with Crippen molar-refractivity contribution in [2.75, 3.05) is 17.7 Å². The summed E-state index contributed by atoms with van der Waals surface area (Å²) in [6, 6.07) is 18.5. The fourth-order valence-corrected chi connectivity index (χ4v) is 4.19. The largest absolute Gasteiger partial charge is 0.412 e. The molecule has 7 nitrogen and oxygen atoms in total. The third-order valence-corrected chi connectivity index (χ3v) is 5.74. The van der Waals surface area contributed by atoms with E-state index < -0.39 is 11.9 Å². The monoisotopic (exact) mass is 411 g/mol. The summed E-state index contributed by atoms with van der Waals surface area (Å²) in [5.74, 6) is 0.489. The van der Waals surface area contributed by atoms with Crippen LogP contribution in [0, 0.1) is 0 Å². The second-order valence-electron chi connectivity index (χ2n) is 6.54. The van der Waals surface area contributed by atoms with E-state index in [9.17, 15) is 9.59 Å². The molecule has 0 aliphatic carbocycles. The first-order valence-corrected chi connectivity index (χ1v) is 9.90. The summed E-state index contributed by atoms with van der Waals surface area (Å²) >= 11 is 1.55. The first-order chi connectivity index (χ1) is 13.6. The van der Waals surface area contributed by atoms with Crippen LogP contribution in [0.4, 0.5) is 5.69 Å². The number of amides is 2. The van der Waals surface area contributed by atoms with Crippen molar-refractivity contribution in [3.63, 3.8) is 0 Å². The van der Waals surface area contributed by atoms with Gasteiger partial charge in [0.2, 0.25) is 5.91 Å². The molecular weight excluding hydrogens is 390 g/mol. The van der Waals surface area contributed by atoms with Gasteiger partial charge in [-0.3, -0.25) is 9.59 Å². The summed E-state index contributed by atoms with van der Waals surface area (Å²) in [5.41, 5.74) is 2.09. The van der Waals surface area contributed by atoms with Crippen LogP contribution >= 0.6 is 11.8 Å². The molecule has 1 aromatic heterocycles. The Balaban J connectivity index is 0.00000240. The molecule has 0 spiro atoms. The number of aromatic nitrogens is 1. The minimum atomic E-state index is -0.635. The predicted molar refractivity (Wildman–Crippen MR) is 111 cm³/mol. The lowest BCUT2D eigenvalue weighted by Gasteiger charge is -2.21. The highest BCUT2D eigenvalue weighted by Crippen LogP contribution is 2.33. The third-order valence-electron chi connectivity index (χ3n) is 4.58. The Morgan fingerprint density at radius 3 is 2.72 bits per heavy atom. The van der Waals surface area contributed by atoms with Crippen molar-refractivity contribution in [2.45, 2.75) is 17.4 Å². The fraction of sp³-hybridized carbons (Fsp3) is 0.190. The molecule has 0 fully saturated rings. The summed E-state index contributed by atoms with van der Waals surface area (Å²) in [5, 5.41) is 6.66. The fourth-order valence-electron chi connectivity index (χ4n) is 3.09. The topological polar surface area (TPSA) is 107 Å². The molecule has 2 amide bonds. The Morgan fingerprint density at radius 1 is 1.21 bits per heavy atom. The maximum Gasteiger partial charge on any atom is 0.274 e. The van der Waals surface area contributed by atoms with Crippen LogP contribution in [0.5, 0.6) is 0 Å². The maximum atomic E-state index is 12.8. The number of fused-ring (bicyclic) bond motifs is 1. The van der Waals surface area contributed by atoms with Crippen LogP contribution in [-0.4, -0.2) is 41.3 Å². The van der Waals surface area contributed by atoms with Crippen molar-refractivity contribution in [1.29, 1.82) is 0 Å². The molecule has 2 heterocycles. The number of para-hydroxylation sites is 1. The number of likely N-dealkylation sites (N-methyl/N-ethyl adjacent to an activating group) is 1. The molecule has 0 radical (unpaired) electrons. The molecule has 3 N–H and O–H groups in total. The molecule has 150 valence electrons. The van der Waals surface area contributed by atoms with Crippen molar-refractivity contribution in [3.8, 4) is 0 Å². The van der Waals surface area contributed by atoms with Crippen LogP contribution in [0.3, 0.4) is 0 Å². The van der Waals surface area contributed by atoms with Gasteiger partial charge in [-0.25, -0.2) is 0 Å². The number of hydrogen-bond donors (Lipinski definition) is 1. The first-order valence-electron chi connectivity index (χ1n) is 8.91. The zero-order valence-corrected chi connectivity index (χ0v) is 16.6. The zero-order chi connectivity index (χ0) is 19.5. The van der Waals surface area contributed by atoms with Gasteiger partial charge in [-0.15, -0.1) is 11.8 Å². The van der Waals surface area contributed by atoms with E-state index in [-0.39, 0.29) is 17.1 Å². The van der Waals surface area contributed by atoms with Gasteiger partial charge in [-0.2, -0.15) is 0 Å². The first kappa shape index (κ1) is 20.6. The summed E-state index contributed by atoms with van der Waals surface area (Å²) in [7, 11) is 1.72. The lowest BCUT2D eigenvalue weighted by molar-refractivity contribution is -0.119. The molecule has 29 heavy (non-hydrogen) atoms. The number of anilines is 1. The molecule has 3 aromatic rings. The maximum absolute atomic E-state index is 12.8. The molecule has 0 bridgehead atoms. The standard InChI is InChI=1S/C21H19N3O3S.H2O/c1-24-18-9-5-6-10-19(18)28-13-17(21(24)26)22-20(25)16-12-15(27-23-16)11-14-7-3-2-4-8-14;/h2-10,12,17H,11,13H2,1H3,(H,22,25);1H2/t17-;/m0./s1. The van der Waals surface area contributed by atoms with Gasteiger partial charge in [0.15, 0.2) is 5.69 Å². The van der Waals surface area contributed by atoms with E-state index in [2.05, 4.69) is 10.5 Å². The number of carbonyl (C=O) groups is 2. The Morgan fingerprint density at radius 2 is 1.93 bits per heavy atom. The summed E-state index contributed by atoms with van der Waals surface area (Å²) < 4.78 is 5.29. The molecule has 1 aliphatic heterocycles. The zero-order valence-electron chi connectivity index (χ0n) is 15.8. The molecule has 0 unspecified atom stereocenters. The average molecular weight is 411 g/mol. The van der Waals surface area contributed by atoms with Crippen LogP contribution in [0.2, 0.25) is 0 Å². The van der Waals surface area contributed by atoms with Crippen molar-refractivity contribution in [2.24, 2.45) is 0 Å². The lowest BCUT2D eigenvalue weighted by Crippen LogP contribution is -2.48. The number of rotatable bonds is 4. The number of carbonyl (C=O) groups excluding carboxylic acids is 2. The Hall–Kier alpha value is -3.10. The second kappa shape index (κ2) is 8.93. The average Bonchev–Trinajstić information content (AvgIpc) is 3.15. The van der Waals surface area contributed by atoms with Crippen molar-refractivity contribution < 1.29 is 19.6 Å². The number of hydrogen-bond acceptors (Lipinski definition) is 5. The Bertz CT molecular complexity index is 1010. The van der Waals surface area contributed by atoms with E-state index in [1.165, 1.54) is 0 Å². The van der Waals surface area contributed by atoms with Crippen molar-refractivity contribution >= 4 is 29.3 Å². The van der Waals surface area contributed by atoms with E-state index in [0.29, 0.717) is 17.9 Å². The van der Waals surface area contributed by atoms with Crippen LogP contribution in [0.15, 0.2) is 70.1 Å². The number of thioether (sulfide) groups is 1. The minimum Gasteiger partial charge on any atom is -0.412 e. The molecular formula is C21H21N3O4S. The quantitative estimate of drug-likeness (QED) is 0.709. The molecule has 0 saturated carbocycles. The molecule has 2 aromatic carbocycles. The van der Waals surface area contributed by atoms with Gasteiger partial charge in [0.1, 0.15) is 11.8 Å². The normalized spacial score (nSPS) is 15.8. The van der Waals surface area contributed by atoms with Gasteiger partial charge in [0, 0.05) is 30.2 Å². The Labute approximate surface area is 172 Å². The summed E-state index contributed by atoms with van der Waals surface area (Å²) in [6.07, 6.45) is 0.553. The third kappa shape index (κ3) is 4.49. The predicted octanol–water partition coefficient (Wildman–Crippen LogP) is 2.31. The molecule has 4 rings (SSSR count). The van der Waals surface area contributed by atoms with Gasteiger partial charge in [-0.05, 0) is 17.7 Å². The SMILES string of the molecule is CN1C(=O)[C@@H](NC(=O)c2cc(Cc3ccccc3)on2)CSc2ccccc21.O. The summed E-state index contributed by atoms with van der Waals surface area (Å²) in [6.45, 7) is 0. The number of nitrogens with one attached hydrogen (secondary N) is 1. The molecule has 8 heteroatoms. The highest BCUT2D eigenvalue weighted by molar-refractivity contribution is 7.99. The number of benzene rings is 2. The smallest absolute Gasteiger partial charge is 0.274 e. The highest BCUT2D eigenvalue weighted by Gasteiger charge is 2.30. The van der Waals surface area contributed by atoms with Crippen molar-refractivity contribution in [1.82, 2.24) is 10.5 Å². The number of nitrogens with zero attached hydrogens (tertiary/aromatic N) is 2. The van der Waals surface area contributed by atoms with E-state index >= 15 is 0 Å². The Kier molecular flexibility index (Phi) is 6.36. The van der Waals surface area contributed by atoms with E-state index in [1.807, 2.05) is 54.6 Å². The highest BCUT2D eigenvalue weighted by atomic mass is 32.2. The van der Waals surface area contributed by atoms with E-state index in [1.54, 1.807) is 29.8 Å². The van der Waals surface area contributed by atoms with Gasteiger partial charge in [-0.1, -0.05) is 47.6 Å². The van der Waals surface area contributed by atoms with Gasteiger partial charge >= 0.3 is 0 Å². The van der Waals surface area contributed by atoms with Crippen LogP contribution in [0.25, 0.3) is 0 Å². The van der Waals surface area contributed by atoms with Gasteiger partial charge in [0.25, 0.3) is 5.91 Å². The van der Waals surface area contributed by atoms with Crippen molar-refractivity contribution in [3.05, 3.63) is 77.7 Å². The minimum absolute atomic E-state index is 0.